The van der Waals surface area contributed by atoms with E-state index in [4.69, 9.17) is 5.11 Å². The van der Waals surface area contributed by atoms with Gasteiger partial charge in [-0.05, 0) is 6.42 Å². The van der Waals surface area contributed by atoms with E-state index in [-0.39, 0.29) is 6.42 Å². The van der Waals surface area contributed by atoms with E-state index < -0.39 is 12.3 Å². The van der Waals surface area contributed by atoms with E-state index in [1.807, 2.05) is 0 Å². The van der Waals surface area contributed by atoms with Crippen molar-refractivity contribution in [3.05, 3.63) is 0 Å². The Morgan fingerprint density at radius 1 is 0.609 bits per heavy atom. The molecule has 1 atom stereocenters. The number of unbranched alkanes of at least 4 members (excludes halogenated alkanes) is 14. The highest BCUT2D eigenvalue weighted by Crippen LogP contribution is 2.24. The first-order valence-electron chi connectivity index (χ1n) is 9.73. The number of aliphatic hydroxyl groups is 1. The third kappa shape index (κ3) is 16.4. The molecule has 0 saturated carbocycles. The number of hydrogen-bond donors (Lipinski definition) is 1. The molecule has 0 saturated heterocycles. The van der Waals surface area contributed by atoms with Crippen LogP contribution in [0.25, 0.3) is 0 Å². The van der Waals surface area contributed by atoms with E-state index >= 15 is 0 Å². The van der Waals surface area contributed by atoms with Crippen molar-refractivity contribution >= 4 is 0 Å². The molecule has 0 aromatic heterocycles. The van der Waals surface area contributed by atoms with Crippen LogP contribution in [-0.2, 0) is 0 Å². The zero-order valence-corrected chi connectivity index (χ0v) is 15.0. The van der Waals surface area contributed by atoms with Crippen LogP contribution in [0.5, 0.6) is 0 Å². The van der Waals surface area contributed by atoms with Gasteiger partial charge < -0.3 is 5.11 Å². The summed E-state index contributed by atoms with van der Waals surface area (Å²) in [6, 6.07) is 0. The van der Waals surface area contributed by atoms with Crippen LogP contribution in [0.3, 0.4) is 0 Å². The van der Waals surface area contributed by atoms with Crippen LogP contribution in [0.1, 0.15) is 110 Å². The van der Waals surface area contributed by atoms with Crippen LogP contribution in [-0.4, -0.2) is 17.4 Å². The minimum Gasteiger partial charge on any atom is -0.384 e. The number of rotatable bonds is 16. The Hall–Kier alpha value is -0.250. The molecule has 0 amide bonds. The molecule has 0 aromatic carbocycles. The Morgan fingerprint density at radius 2 is 0.913 bits per heavy atom. The van der Waals surface area contributed by atoms with Gasteiger partial charge in [0.05, 0.1) is 0 Å². The van der Waals surface area contributed by atoms with E-state index in [0.717, 1.165) is 19.3 Å². The van der Waals surface area contributed by atoms with Crippen LogP contribution in [0.2, 0.25) is 0 Å². The predicted octanol–water partition coefficient (Wildman–Crippen LogP) is 7.17. The monoisotopic (exact) mass is 338 g/mol. The van der Waals surface area contributed by atoms with Crippen molar-refractivity contribution < 1.29 is 18.3 Å². The molecule has 1 N–H and O–H groups in total. The molecule has 0 fully saturated rings. The summed E-state index contributed by atoms with van der Waals surface area (Å²) < 4.78 is 36.2. The SMILES string of the molecule is CCCCCCCCCCCCCCCCCC(O)C(F)(F)F. The van der Waals surface area contributed by atoms with Gasteiger partial charge in [-0.25, -0.2) is 0 Å². The first kappa shape index (κ1) is 22.8. The number of alkyl halides is 3. The average molecular weight is 338 g/mol. The summed E-state index contributed by atoms with van der Waals surface area (Å²) in [5.74, 6) is 0. The van der Waals surface area contributed by atoms with Crippen molar-refractivity contribution in [1.29, 1.82) is 0 Å². The summed E-state index contributed by atoms with van der Waals surface area (Å²) >= 11 is 0. The number of halogens is 3. The van der Waals surface area contributed by atoms with Gasteiger partial charge in [0, 0.05) is 0 Å². The minimum absolute atomic E-state index is 0.151. The molecular weight excluding hydrogens is 301 g/mol. The largest absolute Gasteiger partial charge is 0.414 e. The Labute approximate surface area is 141 Å². The quantitative estimate of drug-likeness (QED) is 0.296. The van der Waals surface area contributed by atoms with Crippen LogP contribution in [0.15, 0.2) is 0 Å². The van der Waals surface area contributed by atoms with Crippen LogP contribution < -0.4 is 0 Å². The maximum Gasteiger partial charge on any atom is 0.414 e. The lowest BCUT2D eigenvalue weighted by molar-refractivity contribution is -0.205. The van der Waals surface area contributed by atoms with Gasteiger partial charge in [-0.3, -0.25) is 0 Å². The summed E-state index contributed by atoms with van der Waals surface area (Å²) in [6.07, 6.45) is 11.2. The molecule has 0 aliphatic rings. The predicted molar refractivity (Wildman–Crippen MR) is 91.6 cm³/mol. The van der Waals surface area contributed by atoms with Gasteiger partial charge in [0.1, 0.15) is 6.10 Å². The minimum atomic E-state index is -4.45. The Balaban J connectivity index is 3.11. The van der Waals surface area contributed by atoms with Crippen molar-refractivity contribution in [2.75, 3.05) is 0 Å². The molecule has 140 valence electrons. The molecule has 23 heavy (non-hydrogen) atoms. The first-order chi connectivity index (χ1) is 11.0. The van der Waals surface area contributed by atoms with Crippen LogP contribution in [0, 0.1) is 0 Å². The average Bonchev–Trinajstić information content (AvgIpc) is 2.50. The van der Waals surface area contributed by atoms with Gasteiger partial charge in [-0.15, -0.1) is 0 Å². The molecule has 0 aromatic rings. The Bertz CT molecular complexity index is 241. The maximum absolute atomic E-state index is 12.1. The van der Waals surface area contributed by atoms with E-state index in [1.54, 1.807) is 0 Å². The smallest absolute Gasteiger partial charge is 0.384 e. The van der Waals surface area contributed by atoms with Gasteiger partial charge in [-0.2, -0.15) is 13.2 Å². The topological polar surface area (TPSA) is 20.2 Å². The third-order valence-corrected chi connectivity index (χ3v) is 4.46. The summed E-state index contributed by atoms with van der Waals surface area (Å²) in [4.78, 5) is 0. The van der Waals surface area contributed by atoms with Crippen molar-refractivity contribution in [1.82, 2.24) is 0 Å². The molecule has 0 aliphatic heterocycles. The van der Waals surface area contributed by atoms with Crippen molar-refractivity contribution in [3.63, 3.8) is 0 Å². The first-order valence-corrected chi connectivity index (χ1v) is 9.73. The van der Waals surface area contributed by atoms with Gasteiger partial charge in [0.25, 0.3) is 0 Å². The molecule has 0 aliphatic carbocycles. The molecule has 0 spiro atoms. The van der Waals surface area contributed by atoms with Crippen molar-refractivity contribution in [3.8, 4) is 0 Å². The molecule has 0 heterocycles. The molecule has 0 radical (unpaired) electrons. The van der Waals surface area contributed by atoms with E-state index in [2.05, 4.69) is 6.92 Å². The Kier molecular flexibility index (Phi) is 15.1. The molecule has 1 unspecified atom stereocenters. The summed E-state index contributed by atoms with van der Waals surface area (Å²) in [5, 5.41) is 8.86. The third-order valence-electron chi connectivity index (χ3n) is 4.46. The zero-order chi connectivity index (χ0) is 17.4. The highest BCUT2D eigenvalue weighted by molar-refractivity contribution is 4.64. The Morgan fingerprint density at radius 3 is 1.22 bits per heavy atom. The van der Waals surface area contributed by atoms with Crippen LogP contribution in [0.4, 0.5) is 13.2 Å². The number of aliphatic hydroxyl groups excluding tert-OH is 1. The van der Waals surface area contributed by atoms with Gasteiger partial charge in [-0.1, -0.05) is 103 Å². The lowest BCUT2D eigenvalue weighted by Gasteiger charge is -2.13. The summed E-state index contributed by atoms with van der Waals surface area (Å²) in [6.45, 7) is 2.24. The highest BCUT2D eigenvalue weighted by atomic mass is 19.4. The second-order valence-corrected chi connectivity index (χ2v) is 6.80. The van der Waals surface area contributed by atoms with Crippen molar-refractivity contribution in [2.45, 2.75) is 122 Å². The lowest BCUT2D eigenvalue weighted by Crippen LogP contribution is -2.28. The van der Waals surface area contributed by atoms with E-state index in [9.17, 15) is 13.2 Å². The second-order valence-electron chi connectivity index (χ2n) is 6.80. The van der Waals surface area contributed by atoms with Crippen molar-refractivity contribution in [2.24, 2.45) is 0 Å². The molecule has 0 rings (SSSR count). The van der Waals surface area contributed by atoms with Gasteiger partial charge in [0.2, 0.25) is 0 Å². The van der Waals surface area contributed by atoms with E-state index in [0.29, 0.717) is 6.42 Å². The highest BCUT2D eigenvalue weighted by Gasteiger charge is 2.37. The second kappa shape index (κ2) is 15.3. The standard InChI is InChI=1S/C19H37F3O/c1-2-3-4-5-6-7-8-9-10-11-12-13-14-15-16-17-18(23)19(20,21)22/h18,23H,2-17H2,1H3. The van der Waals surface area contributed by atoms with Gasteiger partial charge in [0.15, 0.2) is 0 Å². The number of hydrogen-bond acceptors (Lipinski definition) is 1. The zero-order valence-electron chi connectivity index (χ0n) is 15.0. The summed E-state index contributed by atoms with van der Waals surface area (Å²) in [5.41, 5.74) is 0. The molecular formula is C19H37F3O. The lowest BCUT2D eigenvalue weighted by atomic mass is 10.0. The maximum atomic E-state index is 12.1. The molecule has 1 nitrogen and oxygen atoms in total. The normalized spacial score (nSPS) is 13.4. The van der Waals surface area contributed by atoms with E-state index in [1.165, 1.54) is 70.6 Å². The van der Waals surface area contributed by atoms with Crippen LogP contribution >= 0.6 is 0 Å². The molecule has 4 heteroatoms. The molecule has 0 bridgehead atoms. The fourth-order valence-electron chi connectivity index (χ4n) is 2.87. The fourth-order valence-corrected chi connectivity index (χ4v) is 2.87. The fraction of sp³-hybridized carbons (Fsp3) is 1.00. The summed E-state index contributed by atoms with van der Waals surface area (Å²) in [7, 11) is 0. The van der Waals surface area contributed by atoms with Gasteiger partial charge >= 0.3 is 6.18 Å².